The van der Waals surface area contributed by atoms with Crippen LogP contribution in [0.3, 0.4) is 0 Å². The molecule has 17 rings (SSSR count). The third-order valence-corrected chi connectivity index (χ3v) is 14.4. The van der Waals surface area contributed by atoms with E-state index in [1.807, 2.05) is 0 Å². The molecule has 0 radical (unpaired) electrons. The molecule has 4 aromatic heterocycles. The number of fused-ring (bicyclic) bond motifs is 12. The second-order valence-electron chi connectivity index (χ2n) is 17.2. The van der Waals surface area contributed by atoms with Gasteiger partial charge >= 0.3 is 0 Å². The summed E-state index contributed by atoms with van der Waals surface area (Å²) in [6, 6.07) is 63.4. The van der Waals surface area contributed by atoms with Gasteiger partial charge in [0.05, 0.1) is 22.8 Å². The van der Waals surface area contributed by atoms with E-state index in [0.29, 0.717) is 0 Å². The van der Waals surface area contributed by atoms with E-state index >= 15 is 0 Å². The van der Waals surface area contributed by atoms with Crippen molar-refractivity contribution < 1.29 is 0 Å². The van der Waals surface area contributed by atoms with Gasteiger partial charge in [0.15, 0.2) is 11.3 Å². The van der Waals surface area contributed by atoms with Gasteiger partial charge in [-0.25, -0.2) is 19.9 Å². The highest BCUT2D eigenvalue weighted by Crippen LogP contribution is 2.58. The number of pyridine rings is 4. The van der Waals surface area contributed by atoms with Gasteiger partial charge in [-0.2, -0.15) is 0 Å². The summed E-state index contributed by atoms with van der Waals surface area (Å²) < 4.78 is 0. The number of hydrogen-bond acceptors (Lipinski definition) is 4. The first-order valence-electron chi connectivity index (χ1n) is 21.0. The Hall–Kier alpha value is -7.56. The lowest BCUT2D eigenvalue weighted by Gasteiger charge is -2.42. The molecule has 4 heteroatoms. The molecule has 0 amide bonds. The maximum Gasteiger partial charge on any atom is 0.160 e. The van der Waals surface area contributed by atoms with Crippen LogP contribution in [0.25, 0.3) is 67.1 Å². The lowest BCUT2D eigenvalue weighted by atomic mass is 9.60. The molecule has 6 aliphatic carbocycles. The molecular formula is C56H32N4. The van der Waals surface area contributed by atoms with Gasteiger partial charge < -0.3 is 0 Å². The summed E-state index contributed by atoms with van der Waals surface area (Å²) >= 11 is 0. The van der Waals surface area contributed by atoms with Crippen molar-refractivity contribution in [3.8, 4) is 45.0 Å². The summed E-state index contributed by atoms with van der Waals surface area (Å²) in [7, 11) is 0. The summed E-state index contributed by atoms with van der Waals surface area (Å²) in [6.45, 7) is 0. The minimum atomic E-state index is 0.104. The summed E-state index contributed by atoms with van der Waals surface area (Å²) in [5.41, 5.74) is 26.2. The zero-order chi connectivity index (χ0) is 38.8. The molecule has 60 heavy (non-hydrogen) atoms. The van der Waals surface area contributed by atoms with E-state index in [2.05, 4.69) is 170 Å². The fourth-order valence-corrected chi connectivity index (χ4v) is 11.7. The van der Waals surface area contributed by atoms with Gasteiger partial charge in [-0.05, 0) is 140 Å². The average molecular weight is 761 g/mol. The summed E-state index contributed by atoms with van der Waals surface area (Å²) in [5, 5.41) is 2.07. The molecule has 10 aromatic rings. The van der Waals surface area contributed by atoms with E-state index in [-0.39, 0.29) is 23.7 Å². The Kier molecular flexibility index (Phi) is 5.83. The van der Waals surface area contributed by atoms with E-state index < -0.39 is 0 Å². The Morgan fingerprint density at radius 2 is 0.483 bits per heavy atom. The first-order valence-corrected chi connectivity index (χ1v) is 21.0. The van der Waals surface area contributed by atoms with Gasteiger partial charge in [-0.3, -0.25) is 0 Å². The number of hydrogen-bond donors (Lipinski definition) is 0. The van der Waals surface area contributed by atoms with E-state index in [9.17, 15) is 0 Å². The smallest absolute Gasteiger partial charge is 0.160 e. The van der Waals surface area contributed by atoms with E-state index in [1.165, 1.54) is 66.8 Å². The van der Waals surface area contributed by atoms with Gasteiger partial charge in [-0.15, -0.1) is 0 Å². The quantitative estimate of drug-likeness (QED) is 0.154. The topological polar surface area (TPSA) is 51.6 Å². The molecule has 4 nitrogen and oxygen atoms in total. The van der Waals surface area contributed by atoms with Crippen LogP contribution in [0.4, 0.5) is 0 Å². The van der Waals surface area contributed by atoms with Crippen LogP contribution in [0.15, 0.2) is 170 Å². The average Bonchev–Trinajstić information content (AvgIpc) is 3.32. The highest BCUT2D eigenvalue weighted by Gasteiger charge is 2.43. The van der Waals surface area contributed by atoms with Gasteiger partial charge in [0.2, 0.25) is 0 Å². The van der Waals surface area contributed by atoms with Crippen molar-refractivity contribution >= 4 is 22.1 Å². The highest BCUT2D eigenvalue weighted by atomic mass is 14.9. The molecule has 276 valence electrons. The van der Waals surface area contributed by atoms with Gasteiger partial charge in [0.25, 0.3) is 0 Å². The molecule has 0 fully saturated rings. The van der Waals surface area contributed by atoms with Crippen LogP contribution >= 0.6 is 0 Å². The summed E-state index contributed by atoms with van der Waals surface area (Å²) in [4.78, 5) is 21.1. The van der Waals surface area contributed by atoms with Crippen molar-refractivity contribution in [1.82, 2.24) is 19.9 Å². The zero-order valence-corrected chi connectivity index (χ0v) is 32.3. The monoisotopic (exact) mass is 760 g/mol. The summed E-state index contributed by atoms with van der Waals surface area (Å²) in [5.74, 6) is 0.548. The van der Waals surface area contributed by atoms with Crippen LogP contribution in [0.2, 0.25) is 0 Å². The Morgan fingerprint density at radius 1 is 0.233 bits per heavy atom. The SMILES string of the molecule is c1ccc2c(c1)C1c3ccc4cc3C2c2cc(ccc21)-c1ccc2ccc(nc2n1)-c1ccc2c(c1)C1c3ccccc3C2c2ccc(cc21)-c1ccc2ccc-4nc2n1. The Morgan fingerprint density at radius 3 is 0.767 bits per heavy atom. The van der Waals surface area contributed by atoms with Crippen LogP contribution in [0, 0.1) is 0 Å². The zero-order valence-electron chi connectivity index (χ0n) is 32.3. The first-order chi connectivity index (χ1) is 29.7. The maximum absolute atomic E-state index is 5.28. The lowest BCUT2D eigenvalue weighted by molar-refractivity contribution is 0.755. The van der Waals surface area contributed by atoms with Crippen LogP contribution in [0.5, 0.6) is 0 Å². The molecule has 0 unspecified atom stereocenters. The molecule has 5 heterocycles. The van der Waals surface area contributed by atoms with Crippen molar-refractivity contribution in [3.05, 3.63) is 237 Å². The molecule has 0 saturated carbocycles. The molecule has 0 N–H and O–H groups in total. The minimum Gasteiger partial charge on any atom is -0.228 e. The third-order valence-electron chi connectivity index (χ3n) is 14.4. The minimum absolute atomic E-state index is 0.104. The molecule has 6 aromatic carbocycles. The van der Waals surface area contributed by atoms with E-state index in [4.69, 9.17) is 19.9 Å². The van der Waals surface area contributed by atoms with E-state index in [1.54, 1.807) is 0 Å². The van der Waals surface area contributed by atoms with Crippen molar-refractivity contribution in [3.63, 3.8) is 0 Å². The molecule has 0 saturated heterocycles. The maximum atomic E-state index is 5.28. The van der Waals surface area contributed by atoms with E-state index in [0.717, 1.165) is 67.1 Å². The summed E-state index contributed by atoms with van der Waals surface area (Å²) in [6.07, 6.45) is 0. The molecule has 18 bridgehead atoms. The molecule has 0 spiro atoms. The number of aromatic nitrogens is 4. The van der Waals surface area contributed by atoms with Crippen LogP contribution in [-0.4, -0.2) is 19.9 Å². The van der Waals surface area contributed by atoms with Crippen LogP contribution in [-0.2, 0) is 0 Å². The van der Waals surface area contributed by atoms with Crippen molar-refractivity contribution in [2.45, 2.75) is 23.7 Å². The lowest BCUT2D eigenvalue weighted by Crippen LogP contribution is -2.27. The third kappa shape index (κ3) is 4.05. The Labute approximate surface area is 346 Å². The predicted octanol–water partition coefficient (Wildman–Crippen LogP) is 12.5. The molecule has 7 aliphatic rings. The highest BCUT2D eigenvalue weighted by molar-refractivity contribution is 5.85. The molecule has 0 atom stereocenters. The fraction of sp³-hybridized carbons (Fsp3) is 0.0714. The van der Waals surface area contributed by atoms with Gasteiger partial charge in [-0.1, -0.05) is 97.1 Å². The van der Waals surface area contributed by atoms with Crippen molar-refractivity contribution in [2.75, 3.05) is 0 Å². The van der Waals surface area contributed by atoms with Crippen LogP contribution in [0.1, 0.15) is 90.4 Å². The first kappa shape index (κ1) is 31.4. The Bertz CT molecular complexity index is 3180. The molecular weight excluding hydrogens is 729 g/mol. The van der Waals surface area contributed by atoms with Crippen molar-refractivity contribution in [1.29, 1.82) is 0 Å². The second kappa shape index (κ2) is 11.1. The number of nitrogens with zero attached hydrogens (tertiary/aromatic N) is 4. The normalized spacial score (nSPS) is 18.7. The van der Waals surface area contributed by atoms with Gasteiger partial charge in [0, 0.05) is 56.7 Å². The van der Waals surface area contributed by atoms with Crippen molar-refractivity contribution in [2.24, 2.45) is 0 Å². The fourth-order valence-electron chi connectivity index (χ4n) is 11.7. The predicted molar refractivity (Wildman–Crippen MR) is 237 cm³/mol. The Balaban J connectivity index is 0.990. The van der Waals surface area contributed by atoms with Crippen LogP contribution < -0.4 is 0 Å². The second-order valence-corrected chi connectivity index (χ2v) is 17.2. The number of benzene rings is 6. The largest absolute Gasteiger partial charge is 0.228 e. The van der Waals surface area contributed by atoms with Gasteiger partial charge in [0.1, 0.15) is 0 Å². The standard InChI is InChI=1S/C56H32N4/c1-3-7-37-35(5-1)51-39-17-9-31-25-43(39)53(37)44-26-32(10-18-40(44)51)48-22-14-30-16-24-50(60-56(30)58-48)34-12-20-42-46(28-34)54-38-8-4-2-6-36(38)52(42)41-19-11-33(27-45(41)54)49-23-15-29-13-21-47(31)57-55(29)59-49/h1-28,51-54H. The molecule has 1 aliphatic heterocycles. The number of rotatable bonds is 0.